The van der Waals surface area contributed by atoms with E-state index in [9.17, 15) is 0 Å². The first-order valence-electron chi connectivity index (χ1n) is 6.42. The van der Waals surface area contributed by atoms with Crippen LogP contribution >= 0.6 is 11.8 Å². The van der Waals surface area contributed by atoms with Crippen LogP contribution in [0.4, 0.5) is 0 Å². The van der Waals surface area contributed by atoms with Gasteiger partial charge in [-0.2, -0.15) is 11.8 Å². The topological polar surface area (TPSA) is 29.3 Å². The molecule has 2 fully saturated rings. The minimum Gasteiger partial charge on any atom is -0.327 e. The summed E-state index contributed by atoms with van der Waals surface area (Å²) in [6.07, 6.45) is 0. The molecule has 3 heteroatoms. The van der Waals surface area contributed by atoms with Crippen molar-refractivity contribution in [2.75, 3.05) is 24.6 Å². The highest BCUT2D eigenvalue weighted by molar-refractivity contribution is 7.99. The Labute approximate surface area is 108 Å². The number of hydrogen-bond acceptors (Lipinski definition) is 3. The van der Waals surface area contributed by atoms with Gasteiger partial charge in [0.2, 0.25) is 0 Å². The molecule has 2 N–H and O–H groups in total. The van der Waals surface area contributed by atoms with Gasteiger partial charge in [0.1, 0.15) is 0 Å². The molecule has 1 aromatic rings. The van der Waals surface area contributed by atoms with Crippen molar-refractivity contribution >= 4 is 11.8 Å². The van der Waals surface area contributed by atoms with Crippen LogP contribution in [0.25, 0.3) is 0 Å². The number of nitrogens with zero attached hydrogens (tertiary/aromatic N) is 1. The zero-order valence-corrected chi connectivity index (χ0v) is 10.9. The second-order valence-corrected chi connectivity index (χ2v) is 6.39. The lowest BCUT2D eigenvalue weighted by Gasteiger charge is -2.45. The molecule has 0 aliphatic carbocycles. The molecule has 0 unspecified atom stereocenters. The highest BCUT2D eigenvalue weighted by Crippen LogP contribution is 2.32. The number of rotatable bonds is 2. The van der Waals surface area contributed by atoms with Gasteiger partial charge in [-0.05, 0) is 28.9 Å². The smallest absolute Gasteiger partial charge is 0.0234 e. The molecule has 2 saturated heterocycles. The monoisotopic (exact) mass is 248 g/mol. The Bertz CT molecular complexity index is 354. The van der Waals surface area contributed by atoms with E-state index in [-0.39, 0.29) is 0 Å². The van der Waals surface area contributed by atoms with E-state index >= 15 is 0 Å². The fourth-order valence-corrected chi connectivity index (χ4v) is 4.43. The van der Waals surface area contributed by atoms with Gasteiger partial charge in [0.25, 0.3) is 0 Å². The molecule has 2 heterocycles. The summed E-state index contributed by atoms with van der Waals surface area (Å²) in [7, 11) is 0. The molecule has 2 nitrogen and oxygen atoms in total. The lowest BCUT2D eigenvalue weighted by atomic mass is 9.85. The Morgan fingerprint density at radius 1 is 1.12 bits per heavy atom. The van der Waals surface area contributed by atoms with Crippen LogP contribution in [0.2, 0.25) is 0 Å². The lowest BCUT2D eigenvalue weighted by Crippen LogP contribution is -2.56. The van der Waals surface area contributed by atoms with Gasteiger partial charge in [0, 0.05) is 25.7 Å². The third-order valence-electron chi connectivity index (χ3n) is 3.99. The van der Waals surface area contributed by atoms with E-state index in [0.717, 1.165) is 6.54 Å². The first kappa shape index (κ1) is 11.6. The average molecular weight is 248 g/mol. The van der Waals surface area contributed by atoms with Crippen molar-refractivity contribution in [2.24, 2.45) is 17.6 Å². The van der Waals surface area contributed by atoms with E-state index in [4.69, 9.17) is 5.73 Å². The van der Waals surface area contributed by atoms with Crippen LogP contribution < -0.4 is 5.73 Å². The van der Waals surface area contributed by atoms with Crippen molar-refractivity contribution in [3.8, 4) is 0 Å². The molecular formula is C14H20N2S. The minimum absolute atomic E-state index is 0.447. The number of nitrogens with two attached hydrogens (primary N) is 1. The highest BCUT2D eigenvalue weighted by atomic mass is 32.2. The van der Waals surface area contributed by atoms with Gasteiger partial charge in [0.05, 0.1) is 0 Å². The third-order valence-corrected chi connectivity index (χ3v) is 5.31. The zero-order valence-electron chi connectivity index (χ0n) is 10.1. The molecule has 3 rings (SSSR count). The van der Waals surface area contributed by atoms with Gasteiger partial charge in [0.15, 0.2) is 0 Å². The van der Waals surface area contributed by atoms with Crippen molar-refractivity contribution < 1.29 is 0 Å². The fraction of sp³-hybridized carbons (Fsp3) is 0.571. The number of thioether (sulfide) groups is 1. The van der Waals surface area contributed by atoms with E-state index in [2.05, 4.69) is 47.0 Å². The zero-order chi connectivity index (χ0) is 11.7. The largest absolute Gasteiger partial charge is 0.327 e. The van der Waals surface area contributed by atoms with Crippen molar-refractivity contribution in [2.45, 2.75) is 12.6 Å². The second kappa shape index (κ2) is 5.01. The Morgan fingerprint density at radius 2 is 1.76 bits per heavy atom. The van der Waals surface area contributed by atoms with Crippen LogP contribution in [0, 0.1) is 11.8 Å². The van der Waals surface area contributed by atoms with Gasteiger partial charge < -0.3 is 5.73 Å². The molecule has 2 aliphatic rings. The minimum atomic E-state index is 0.447. The van der Waals surface area contributed by atoms with Crippen LogP contribution in [0.5, 0.6) is 0 Å². The Kier molecular flexibility index (Phi) is 3.41. The van der Waals surface area contributed by atoms with Crippen molar-refractivity contribution in [3.63, 3.8) is 0 Å². The molecule has 0 amide bonds. The van der Waals surface area contributed by atoms with E-state index in [1.165, 1.54) is 30.2 Å². The Hall–Kier alpha value is -0.510. The molecule has 1 aromatic carbocycles. The van der Waals surface area contributed by atoms with Crippen molar-refractivity contribution in [3.05, 3.63) is 35.9 Å². The second-order valence-electron chi connectivity index (χ2n) is 5.31. The van der Waals surface area contributed by atoms with Crippen LogP contribution in [0.15, 0.2) is 30.3 Å². The molecule has 0 radical (unpaired) electrons. The third kappa shape index (κ3) is 2.51. The summed E-state index contributed by atoms with van der Waals surface area (Å²) < 4.78 is 0. The first-order chi connectivity index (χ1) is 8.33. The standard InChI is InChI=1S/C14H20N2S/c15-14-12-7-16(8-13(14)10-17-9-12)6-11-4-2-1-3-5-11/h1-5,12-14H,6-10,15H2/t12-,13-/m0/s1. The van der Waals surface area contributed by atoms with E-state index in [0.29, 0.717) is 17.9 Å². The molecule has 92 valence electrons. The van der Waals surface area contributed by atoms with E-state index in [1.807, 2.05) is 0 Å². The van der Waals surface area contributed by atoms with E-state index in [1.54, 1.807) is 0 Å². The predicted molar refractivity (Wildman–Crippen MR) is 74.0 cm³/mol. The number of benzene rings is 1. The molecular weight excluding hydrogens is 228 g/mol. The molecule has 2 atom stereocenters. The molecule has 0 saturated carbocycles. The predicted octanol–water partition coefficient (Wildman–Crippen LogP) is 1.81. The SMILES string of the molecule is NC1[C@@H]2CSC[C@@H]1CN(Cc1ccccc1)C2. The molecule has 2 bridgehead atoms. The van der Waals surface area contributed by atoms with Crippen molar-refractivity contribution in [1.29, 1.82) is 0 Å². The van der Waals surface area contributed by atoms with Gasteiger partial charge in [-0.3, -0.25) is 4.90 Å². The van der Waals surface area contributed by atoms with Gasteiger partial charge in [-0.1, -0.05) is 30.3 Å². The molecule has 0 spiro atoms. The van der Waals surface area contributed by atoms with Crippen LogP contribution in [0.1, 0.15) is 5.56 Å². The van der Waals surface area contributed by atoms with Crippen LogP contribution in [0.3, 0.4) is 0 Å². The summed E-state index contributed by atoms with van der Waals surface area (Å²) in [6.45, 7) is 3.45. The number of piperidine rings is 1. The summed E-state index contributed by atoms with van der Waals surface area (Å²) in [6, 6.07) is 11.2. The average Bonchev–Trinajstić information content (AvgIpc) is 2.32. The van der Waals surface area contributed by atoms with Gasteiger partial charge >= 0.3 is 0 Å². The lowest BCUT2D eigenvalue weighted by molar-refractivity contribution is 0.112. The summed E-state index contributed by atoms with van der Waals surface area (Å²) in [5.41, 5.74) is 7.72. The summed E-state index contributed by atoms with van der Waals surface area (Å²) in [5, 5.41) is 0. The quantitative estimate of drug-likeness (QED) is 0.865. The van der Waals surface area contributed by atoms with Gasteiger partial charge in [-0.15, -0.1) is 0 Å². The number of likely N-dealkylation sites (tertiary alicyclic amines) is 1. The van der Waals surface area contributed by atoms with E-state index < -0.39 is 0 Å². The maximum Gasteiger partial charge on any atom is 0.0234 e. The maximum absolute atomic E-state index is 6.30. The molecule has 0 aromatic heterocycles. The van der Waals surface area contributed by atoms with Crippen LogP contribution in [-0.2, 0) is 6.54 Å². The maximum atomic E-state index is 6.30. The highest BCUT2D eigenvalue weighted by Gasteiger charge is 2.37. The normalized spacial score (nSPS) is 33.6. The Balaban J connectivity index is 1.66. The summed E-state index contributed by atoms with van der Waals surface area (Å²) in [4.78, 5) is 2.59. The Morgan fingerprint density at radius 3 is 2.41 bits per heavy atom. The molecule has 2 aliphatic heterocycles. The number of hydrogen-bond donors (Lipinski definition) is 1. The summed E-state index contributed by atoms with van der Waals surface area (Å²) in [5.74, 6) is 3.92. The first-order valence-corrected chi connectivity index (χ1v) is 7.58. The molecule has 17 heavy (non-hydrogen) atoms. The van der Waals surface area contributed by atoms with Crippen LogP contribution in [-0.4, -0.2) is 35.5 Å². The summed E-state index contributed by atoms with van der Waals surface area (Å²) >= 11 is 2.09. The number of fused-ring (bicyclic) bond motifs is 2. The van der Waals surface area contributed by atoms with Gasteiger partial charge in [-0.25, -0.2) is 0 Å². The van der Waals surface area contributed by atoms with Crippen molar-refractivity contribution in [1.82, 2.24) is 4.90 Å². The fourth-order valence-electron chi connectivity index (χ4n) is 3.04.